The van der Waals surface area contributed by atoms with E-state index in [9.17, 15) is 0 Å². The fraction of sp³-hybridized carbons (Fsp3) is 0.600. The van der Waals surface area contributed by atoms with Crippen LogP contribution in [0.25, 0.3) is 0 Å². The fourth-order valence-corrected chi connectivity index (χ4v) is 2.45. The van der Waals surface area contributed by atoms with Crippen LogP contribution in [0.2, 0.25) is 0 Å². The van der Waals surface area contributed by atoms with Crippen LogP contribution in [0.4, 0.5) is 0 Å². The maximum absolute atomic E-state index is 8.66. The van der Waals surface area contributed by atoms with E-state index in [1.165, 1.54) is 0 Å². The Morgan fingerprint density at radius 2 is 1.38 bits per heavy atom. The SMILES string of the molecule is CC(C)(C)P(C=CCO)C=CCO. The third kappa shape index (κ3) is 5.98. The summed E-state index contributed by atoms with van der Waals surface area (Å²) in [6.07, 6.45) is 3.53. The standard InChI is InChI=1S/C10H19O2P/c1-10(2,3)13(8-4-6-11)9-5-7-12/h4-5,8-9,11-12H,6-7H2,1-3H3. The molecule has 13 heavy (non-hydrogen) atoms. The van der Waals surface area contributed by atoms with Crippen molar-refractivity contribution < 1.29 is 10.2 Å². The average Bonchev–Trinajstić information content (AvgIpc) is 2.02. The van der Waals surface area contributed by atoms with E-state index < -0.39 is 7.92 Å². The summed E-state index contributed by atoms with van der Waals surface area (Å²) in [5.41, 5.74) is 0. The predicted octanol–water partition coefficient (Wildman–Crippen LogP) is 2.28. The van der Waals surface area contributed by atoms with Gasteiger partial charge in [-0.2, -0.15) is 0 Å². The lowest BCUT2D eigenvalue weighted by molar-refractivity contribution is 0.343. The average molecular weight is 202 g/mol. The van der Waals surface area contributed by atoms with Crippen LogP contribution in [0.1, 0.15) is 20.8 Å². The maximum Gasteiger partial charge on any atom is 0.0615 e. The second-order valence-corrected chi connectivity index (χ2v) is 6.47. The molecule has 0 rings (SSSR count). The predicted molar refractivity (Wildman–Crippen MR) is 59.1 cm³/mol. The van der Waals surface area contributed by atoms with Crippen LogP contribution in [0.15, 0.2) is 23.8 Å². The molecule has 2 N–H and O–H groups in total. The monoisotopic (exact) mass is 202 g/mol. The van der Waals surface area contributed by atoms with Crippen molar-refractivity contribution in [3.05, 3.63) is 23.8 Å². The number of hydrogen-bond acceptors (Lipinski definition) is 2. The summed E-state index contributed by atoms with van der Waals surface area (Å²) in [6, 6.07) is 0. The first-order valence-electron chi connectivity index (χ1n) is 4.36. The fourth-order valence-electron chi connectivity index (χ4n) is 0.818. The van der Waals surface area contributed by atoms with Gasteiger partial charge in [-0.15, -0.1) is 0 Å². The van der Waals surface area contributed by atoms with Gasteiger partial charge in [-0.1, -0.05) is 52.5 Å². The van der Waals surface area contributed by atoms with Crippen LogP contribution in [0, 0.1) is 0 Å². The van der Waals surface area contributed by atoms with Crippen LogP contribution in [0.5, 0.6) is 0 Å². The van der Waals surface area contributed by atoms with E-state index >= 15 is 0 Å². The minimum Gasteiger partial charge on any atom is -0.392 e. The lowest BCUT2D eigenvalue weighted by Crippen LogP contribution is -2.08. The van der Waals surface area contributed by atoms with Crippen molar-refractivity contribution in [3.8, 4) is 0 Å². The molecule has 0 saturated carbocycles. The summed E-state index contributed by atoms with van der Waals surface area (Å²) >= 11 is 0. The largest absolute Gasteiger partial charge is 0.392 e. The van der Waals surface area contributed by atoms with Gasteiger partial charge in [-0.05, 0) is 5.16 Å². The Morgan fingerprint density at radius 1 is 1.00 bits per heavy atom. The maximum atomic E-state index is 8.66. The van der Waals surface area contributed by atoms with Gasteiger partial charge in [0.05, 0.1) is 13.2 Å². The van der Waals surface area contributed by atoms with E-state index in [1.54, 1.807) is 12.2 Å². The Balaban J connectivity index is 4.37. The highest BCUT2D eigenvalue weighted by Crippen LogP contribution is 2.51. The zero-order valence-electron chi connectivity index (χ0n) is 8.57. The lowest BCUT2D eigenvalue weighted by atomic mass is 10.3. The van der Waals surface area contributed by atoms with E-state index in [4.69, 9.17) is 10.2 Å². The summed E-state index contributed by atoms with van der Waals surface area (Å²) in [6.45, 7) is 6.64. The van der Waals surface area contributed by atoms with Gasteiger partial charge >= 0.3 is 0 Å². The van der Waals surface area contributed by atoms with E-state index in [1.807, 2.05) is 11.6 Å². The van der Waals surface area contributed by atoms with Crippen molar-refractivity contribution >= 4 is 7.92 Å². The summed E-state index contributed by atoms with van der Waals surface area (Å²) in [5.74, 6) is 4.06. The van der Waals surface area contributed by atoms with Gasteiger partial charge in [0.25, 0.3) is 0 Å². The summed E-state index contributed by atoms with van der Waals surface area (Å²) < 4.78 is 0. The molecule has 3 heteroatoms. The van der Waals surface area contributed by atoms with E-state index in [2.05, 4.69) is 20.8 Å². The van der Waals surface area contributed by atoms with Crippen LogP contribution in [-0.4, -0.2) is 28.6 Å². The number of aliphatic hydroxyl groups excluding tert-OH is 2. The van der Waals surface area contributed by atoms with Crippen LogP contribution in [-0.2, 0) is 0 Å². The Bertz CT molecular complexity index is 166. The first-order chi connectivity index (χ1) is 6.02. The summed E-state index contributed by atoms with van der Waals surface area (Å²) in [4.78, 5) is 0. The van der Waals surface area contributed by atoms with Crippen LogP contribution in [0.3, 0.4) is 0 Å². The molecule has 0 aliphatic rings. The molecule has 0 amide bonds. The normalized spacial score (nSPS) is 15.8. The van der Waals surface area contributed by atoms with Gasteiger partial charge in [-0.3, -0.25) is 0 Å². The van der Waals surface area contributed by atoms with Gasteiger partial charge < -0.3 is 10.2 Å². The number of hydrogen-bond donors (Lipinski definition) is 2. The molecule has 0 spiro atoms. The van der Waals surface area contributed by atoms with Gasteiger partial charge in [-0.25, -0.2) is 0 Å². The second-order valence-electron chi connectivity index (χ2n) is 3.71. The Labute approximate surface area is 81.7 Å². The molecule has 0 atom stereocenters. The van der Waals surface area contributed by atoms with Crippen LogP contribution < -0.4 is 0 Å². The molecule has 0 saturated heterocycles. The molecule has 0 aromatic heterocycles. The highest BCUT2D eigenvalue weighted by molar-refractivity contribution is 7.65. The van der Waals surface area contributed by atoms with Gasteiger partial charge in [0.15, 0.2) is 0 Å². The lowest BCUT2D eigenvalue weighted by Gasteiger charge is -2.25. The molecule has 0 aliphatic carbocycles. The molecule has 0 aliphatic heterocycles. The molecule has 76 valence electrons. The van der Waals surface area contributed by atoms with Gasteiger partial charge in [0, 0.05) is 0 Å². The third-order valence-electron chi connectivity index (χ3n) is 1.52. The highest BCUT2D eigenvalue weighted by atomic mass is 31.1. The zero-order valence-corrected chi connectivity index (χ0v) is 9.46. The molecule has 0 aromatic carbocycles. The first-order valence-corrected chi connectivity index (χ1v) is 5.84. The van der Waals surface area contributed by atoms with E-state index in [-0.39, 0.29) is 18.4 Å². The van der Waals surface area contributed by atoms with Crippen molar-refractivity contribution in [2.45, 2.75) is 25.9 Å². The smallest absolute Gasteiger partial charge is 0.0615 e. The molecular weight excluding hydrogens is 183 g/mol. The molecular formula is C10H19O2P. The van der Waals surface area contributed by atoms with Gasteiger partial charge in [0.2, 0.25) is 0 Å². The molecule has 0 aromatic rings. The topological polar surface area (TPSA) is 40.5 Å². The molecule has 0 radical (unpaired) electrons. The first kappa shape index (κ1) is 12.8. The number of rotatable bonds is 4. The summed E-state index contributed by atoms with van der Waals surface area (Å²) in [7, 11) is -0.395. The minimum absolute atomic E-state index is 0.0852. The Kier molecular flexibility index (Phi) is 6.23. The van der Waals surface area contributed by atoms with Crippen LogP contribution >= 0.6 is 7.92 Å². The molecule has 0 fully saturated rings. The van der Waals surface area contributed by atoms with Gasteiger partial charge in [0.1, 0.15) is 0 Å². The van der Waals surface area contributed by atoms with E-state index in [0.717, 1.165) is 0 Å². The van der Waals surface area contributed by atoms with E-state index in [0.29, 0.717) is 0 Å². The zero-order chi connectivity index (χ0) is 10.3. The van der Waals surface area contributed by atoms with Crippen molar-refractivity contribution in [1.29, 1.82) is 0 Å². The molecule has 0 heterocycles. The third-order valence-corrected chi connectivity index (χ3v) is 4.13. The molecule has 0 unspecified atom stereocenters. The van der Waals surface area contributed by atoms with Crippen molar-refractivity contribution in [2.24, 2.45) is 0 Å². The molecule has 0 bridgehead atoms. The minimum atomic E-state index is -0.395. The quantitative estimate of drug-likeness (QED) is 0.686. The van der Waals surface area contributed by atoms with Crippen molar-refractivity contribution in [2.75, 3.05) is 13.2 Å². The van der Waals surface area contributed by atoms with Crippen molar-refractivity contribution in [1.82, 2.24) is 0 Å². The Hall–Kier alpha value is -0.170. The number of aliphatic hydroxyl groups is 2. The Morgan fingerprint density at radius 3 is 1.62 bits per heavy atom. The molecule has 2 nitrogen and oxygen atoms in total. The van der Waals surface area contributed by atoms with Crippen molar-refractivity contribution in [3.63, 3.8) is 0 Å². The highest BCUT2D eigenvalue weighted by Gasteiger charge is 2.18. The summed E-state index contributed by atoms with van der Waals surface area (Å²) in [5, 5.41) is 17.5. The second kappa shape index (κ2) is 6.31.